The molecule has 136 valence electrons. The van der Waals surface area contributed by atoms with Gasteiger partial charge in [0.25, 0.3) is 11.8 Å². The molecular weight excluding hydrogens is 346 g/mol. The summed E-state index contributed by atoms with van der Waals surface area (Å²) in [6.07, 6.45) is 0.438. The molecule has 24 heavy (non-hydrogen) atoms. The van der Waals surface area contributed by atoms with E-state index in [1.54, 1.807) is 14.1 Å². The van der Waals surface area contributed by atoms with Crippen molar-refractivity contribution in [2.75, 3.05) is 27.2 Å². The highest BCUT2D eigenvalue weighted by molar-refractivity contribution is 7.80. The number of imide groups is 1. The second kappa shape index (κ2) is 6.60. The number of amides is 4. The molecule has 0 spiro atoms. The van der Waals surface area contributed by atoms with Gasteiger partial charge in [-0.05, 0) is 26.9 Å². The lowest BCUT2D eigenvalue weighted by molar-refractivity contribution is -0.148. The third-order valence-corrected chi connectivity index (χ3v) is 4.09. The van der Waals surface area contributed by atoms with Crippen molar-refractivity contribution in [2.45, 2.75) is 24.9 Å². The van der Waals surface area contributed by atoms with Gasteiger partial charge in [0.2, 0.25) is 0 Å². The summed E-state index contributed by atoms with van der Waals surface area (Å²) in [6, 6.07) is -2.51. The number of nitrogens with two attached hydrogens (primary N) is 1. The second-order valence-electron chi connectivity index (χ2n) is 5.85. The van der Waals surface area contributed by atoms with Crippen molar-refractivity contribution in [2.24, 2.45) is 5.84 Å². The number of fused-ring (bicyclic) bond motifs is 2. The molecule has 2 bridgehead atoms. The third kappa shape index (κ3) is 3.81. The van der Waals surface area contributed by atoms with E-state index in [9.17, 15) is 22.8 Å². The fraction of sp³-hybridized carbons (Fsp3) is 0.727. The molecule has 0 aromatic rings. The van der Waals surface area contributed by atoms with E-state index in [2.05, 4.69) is 4.28 Å². The van der Waals surface area contributed by atoms with Crippen LogP contribution < -0.4 is 5.84 Å². The fourth-order valence-corrected chi connectivity index (χ4v) is 3.11. The molecule has 0 radical (unpaired) electrons. The number of hydrazine groups is 1. The van der Waals surface area contributed by atoms with Crippen LogP contribution in [0.1, 0.15) is 12.8 Å². The van der Waals surface area contributed by atoms with Crippen LogP contribution in [-0.4, -0.2) is 90.0 Å². The van der Waals surface area contributed by atoms with E-state index in [1.165, 1.54) is 4.90 Å². The summed E-state index contributed by atoms with van der Waals surface area (Å²) < 4.78 is 34.6. The summed E-state index contributed by atoms with van der Waals surface area (Å²) in [6.45, 7) is -0.0516. The number of urea groups is 1. The van der Waals surface area contributed by atoms with Gasteiger partial charge in [0, 0.05) is 6.54 Å². The average Bonchev–Trinajstić information content (AvgIpc) is 2.69. The maximum Gasteiger partial charge on any atom is 0.418 e. The van der Waals surface area contributed by atoms with Crippen LogP contribution in [0.25, 0.3) is 0 Å². The van der Waals surface area contributed by atoms with Crippen molar-refractivity contribution >= 4 is 28.2 Å². The first kappa shape index (κ1) is 18.5. The van der Waals surface area contributed by atoms with Crippen LogP contribution in [0.15, 0.2) is 0 Å². The Morgan fingerprint density at radius 2 is 2.00 bits per heavy atom. The van der Waals surface area contributed by atoms with Crippen molar-refractivity contribution in [3.63, 3.8) is 0 Å². The number of hydrogen-bond acceptors (Lipinski definition) is 8. The van der Waals surface area contributed by atoms with Gasteiger partial charge >= 0.3 is 16.4 Å². The molecule has 2 saturated heterocycles. The minimum Gasteiger partial charge on any atom is -0.309 e. The molecule has 2 aliphatic heterocycles. The molecule has 4 amide bonds. The third-order valence-electron chi connectivity index (χ3n) is 3.74. The molecule has 2 atom stereocenters. The summed E-state index contributed by atoms with van der Waals surface area (Å²) in [5, 5.41) is 0.982. The Morgan fingerprint density at radius 1 is 1.38 bits per heavy atom. The normalized spacial score (nSPS) is 23.8. The van der Waals surface area contributed by atoms with E-state index in [1.807, 2.05) is 0 Å². The van der Waals surface area contributed by atoms with Gasteiger partial charge in [-0.2, -0.15) is 13.5 Å². The van der Waals surface area contributed by atoms with E-state index in [4.69, 9.17) is 10.4 Å². The SMILES string of the molecule is CN(C)CC(=O)N(N)C(=O)C1CCC2CN1C(=O)N2OS(=O)(=O)O. The molecule has 0 saturated carbocycles. The molecule has 2 aliphatic rings. The summed E-state index contributed by atoms with van der Waals surface area (Å²) in [5.74, 6) is 4.15. The Kier molecular flexibility index (Phi) is 5.10. The standard InChI is InChI=1S/C11H19N5O7S/c1-13(2)6-9(17)15(12)10(18)8-4-3-7-5-14(8)11(19)16(7)23-24(20,21)22/h7-8H,3-6,12H2,1-2H3,(H,20,21,22). The highest BCUT2D eigenvalue weighted by Gasteiger charge is 2.50. The van der Waals surface area contributed by atoms with Gasteiger partial charge in [-0.15, -0.1) is 4.28 Å². The van der Waals surface area contributed by atoms with Crippen molar-refractivity contribution in [1.82, 2.24) is 19.9 Å². The molecule has 3 N–H and O–H groups in total. The summed E-state index contributed by atoms with van der Waals surface area (Å²) >= 11 is 0. The van der Waals surface area contributed by atoms with E-state index >= 15 is 0 Å². The van der Waals surface area contributed by atoms with Crippen LogP contribution in [0.5, 0.6) is 0 Å². The number of likely N-dealkylation sites (N-methyl/N-ethyl adjacent to an activating group) is 1. The van der Waals surface area contributed by atoms with Crippen LogP contribution in [0.4, 0.5) is 4.79 Å². The predicted molar refractivity (Wildman–Crippen MR) is 78.0 cm³/mol. The van der Waals surface area contributed by atoms with Crippen molar-refractivity contribution < 1.29 is 31.6 Å². The Hall–Kier alpha value is -1.80. The Labute approximate surface area is 138 Å². The quantitative estimate of drug-likeness (QED) is 0.239. The highest BCUT2D eigenvalue weighted by Crippen LogP contribution is 2.31. The molecule has 13 heteroatoms. The molecule has 2 unspecified atom stereocenters. The van der Waals surface area contributed by atoms with Gasteiger partial charge in [0.05, 0.1) is 12.6 Å². The fourth-order valence-electron chi connectivity index (χ4n) is 2.72. The molecule has 2 fully saturated rings. The maximum absolute atomic E-state index is 12.4. The Morgan fingerprint density at radius 3 is 2.54 bits per heavy atom. The largest absolute Gasteiger partial charge is 0.418 e. The number of hydroxylamine groups is 2. The molecule has 2 rings (SSSR count). The van der Waals surface area contributed by atoms with Crippen LogP contribution in [-0.2, 0) is 24.3 Å². The zero-order chi connectivity index (χ0) is 18.2. The zero-order valence-corrected chi connectivity index (χ0v) is 14.0. The second-order valence-corrected chi connectivity index (χ2v) is 6.85. The first-order valence-electron chi connectivity index (χ1n) is 7.04. The van der Waals surface area contributed by atoms with Gasteiger partial charge in [-0.1, -0.05) is 0 Å². The van der Waals surface area contributed by atoms with Crippen LogP contribution in [0, 0.1) is 0 Å². The van der Waals surface area contributed by atoms with Gasteiger partial charge in [-0.25, -0.2) is 15.6 Å². The van der Waals surface area contributed by atoms with Crippen LogP contribution >= 0.6 is 0 Å². The van der Waals surface area contributed by atoms with Crippen molar-refractivity contribution in [3.05, 3.63) is 0 Å². The van der Waals surface area contributed by atoms with Crippen molar-refractivity contribution in [1.29, 1.82) is 0 Å². The molecule has 0 aromatic heterocycles. The minimum atomic E-state index is -4.86. The molecule has 0 aromatic carbocycles. The predicted octanol–water partition coefficient (Wildman–Crippen LogP) is -2.22. The van der Waals surface area contributed by atoms with Gasteiger partial charge in [-0.3, -0.25) is 14.1 Å². The van der Waals surface area contributed by atoms with E-state index in [0.29, 0.717) is 10.1 Å². The van der Waals surface area contributed by atoms with Crippen LogP contribution in [0.2, 0.25) is 0 Å². The van der Waals surface area contributed by atoms with Crippen molar-refractivity contribution in [3.8, 4) is 0 Å². The lowest BCUT2D eigenvalue weighted by Crippen LogP contribution is -2.56. The van der Waals surface area contributed by atoms with Gasteiger partial charge in [0.1, 0.15) is 6.04 Å². The number of hydrogen-bond donors (Lipinski definition) is 2. The van der Waals surface area contributed by atoms with Gasteiger partial charge < -0.3 is 9.80 Å². The van der Waals surface area contributed by atoms with E-state index < -0.39 is 40.3 Å². The monoisotopic (exact) mass is 365 g/mol. The summed E-state index contributed by atoms with van der Waals surface area (Å²) in [7, 11) is -1.59. The smallest absolute Gasteiger partial charge is 0.309 e. The molecule has 2 heterocycles. The van der Waals surface area contributed by atoms with E-state index in [-0.39, 0.29) is 25.9 Å². The molecular formula is C11H19N5O7S. The molecule has 0 aliphatic carbocycles. The number of nitrogens with zero attached hydrogens (tertiary/aromatic N) is 4. The number of carbonyl (C=O) groups is 3. The maximum atomic E-state index is 12.4. The first-order chi connectivity index (χ1) is 11.0. The molecule has 12 nitrogen and oxygen atoms in total. The Bertz CT molecular complexity index is 651. The summed E-state index contributed by atoms with van der Waals surface area (Å²) in [4.78, 5) is 39.1. The lowest BCUT2D eigenvalue weighted by atomic mass is 10.00. The van der Waals surface area contributed by atoms with Crippen LogP contribution in [0.3, 0.4) is 0 Å². The Balaban J connectivity index is 2.11. The first-order valence-corrected chi connectivity index (χ1v) is 8.41. The topological polar surface area (TPSA) is 154 Å². The lowest BCUT2D eigenvalue weighted by Gasteiger charge is -2.31. The number of carbonyl (C=O) groups excluding carboxylic acids is 3. The minimum absolute atomic E-state index is 0.0282. The van der Waals surface area contributed by atoms with E-state index in [0.717, 1.165) is 4.90 Å². The number of piperidine rings is 1. The zero-order valence-electron chi connectivity index (χ0n) is 13.2. The van der Waals surface area contributed by atoms with Gasteiger partial charge in [0.15, 0.2) is 0 Å². The highest BCUT2D eigenvalue weighted by atomic mass is 32.3. The number of rotatable bonds is 5. The summed E-state index contributed by atoms with van der Waals surface area (Å²) in [5.41, 5.74) is 0. The average molecular weight is 365 g/mol.